The quantitative estimate of drug-likeness (QED) is 0.736. The number of aromatic nitrogens is 3. The molecule has 0 aliphatic heterocycles. The van der Waals surface area contributed by atoms with Crippen molar-refractivity contribution in [1.29, 1.82) is 0 Å². The fourth-order valence-electron chi connectivity index (χ4n) is 1.20. The minimum Gasteiger partial charge on any atom is -0.319 e. The molecule has 2 rings (SSSR count). The van der Waals surface area contributed by atoms with E-state index >= 15 is 0 Å². The Hall–Kier alpha value is -1.49. The smallest absolute Gasteiger partial charge is 0.250 e. The Morgan fingerprint density at radius 2 is 2.13 bits per heavy atom. The first-order chi connectivity index (χ1) is 7.16. The van der Waals surface area contributed by atoms with Gasteiger partial charge in [0.05, 0.1) is 5.69 Å². The van der Waals surface area contributed by atoms with Gasteiger partial charge in [-0.25, -0.2) is 9.97 Å². The molecule has 0 fully saturated rings. The zero-order valence-electron chi connectivity index (χ0n) is 8.01. The lowest BCUT2D eigenvalue weighted by molar-refractivity contribution is 0.861. The van der Waals surface area contributed by atoms with Gasteiger partial charge in [-0.3, -0.25) is 4.79 Å². The molecule has 15 heavy (non-hydrogen) atoms. The van der Waals surface area contributed by atoms with Crippen LogP contribution in [0, 0.1) is 0 Å². The molecule has 4 nitrogen and oxygen atoms in total. The topological polar surface area (TPSA) is 47.8 Å². The third kappa shape index (κ3) is 2.12. The maximum atomic E-state index is 11.4. The molecule has 0 aromatic carbocycles. The highest BCUT2D eigenvalue weighted by molar-refractivity contribution is 9.10. The summed E-state index contributed by atoms with van der Waals surface area (Å²) in [5, 5.41) is 0. The highest BCUT2D eigenvalue weighted by atomic mass is 79.9. The summed E-state index contributed by atoms with van der Waals surface area (Å²) in [6.45, 7) is 0. The summed E-state index contributed by atoms with van der Waals surface area (Å²) in [5.74, 6) is 0. The molecule has 0 N–H and O–H groups in total. The lowest BCUT2D eigenvalue weighted by Crippen LogP contribution is -2.14. The maximum absolute atomic E-state index is 11.4. The van der Waals surface area contributed by atoms with Gasteiger partial charge in [0.2, 0.25) is 0 Å². The lowest BCUT2D eigenvalue weighted by Gasteiger charge is -2.01. The molecule has 0 aliphatic carbocycles. The maximum Gasteiger partial charge on any atom is 0.250 e. The normalized spacial score (nSPS) is 10.3. The summed E-state index contributed by atoms with van der Waals surface area (Å²) >= 11 is 3.26. The van der Waals surface area contributed by atoms with Crippen molar-refractivity contribution in [2.45, 2.75) is 0 Å². The first-order valence-electron chi connectivity index (χ1n) is 4.31. The van der Waals surface area contributed by atoms with Gasteiger partial charge in [0.1, 0.15) is 10.9 Å². The van der Waals surface area contributed by atoms with Crippen molar-refractivity contribution < 1.29 is 0 Å². The van der Waals surface area contributed by atoms with E-state index in [4.69, 9.17) is 0 Å². The Kier molecular flexibility index (Phi) is 2.64. The van der Waals surface area contributed by atoms with Gasteiger partial charge < -0.3 is 4.57 Å². The average molecular weight is 266 g/mol. The van der Waals surface area contributed by atoms with Crippen LogP contribution in [0.15, 0.2) is 40.1 Å². The molecule has 0 radical (unpaired) electrons. The van der Waals surface area contributed by atoms with Crippen molar-refractivity contribution in [3.05, 3.63) is 45.7 Å². The number of pyridine rings is 1. The summed E-state index contributed by atoms with van der Waals surface area (Å²) < 4.78 is 2.22. The standard InChI is InChI=1S/C10H8BrN3O/c1-14-3-2-7(4-10(14)15)8-5-9(11)13-6-12-8/h2-6H,1H3. The van der Waals surface area contributed by atoms with Crippen LogP contribution in [0.4, 0.5) is 0 Å². The molecule has 5 heteroatoms. The third-order valence-electron chi connectivity index (χ3n) is 2.03. The Labute approximate surface area is 94.8 Å². The molecule has 2 aromatic rings. The van der Waals surface area contributed by atoms with Crippen LogP contribution < -0.4 is 5.56 Å². The number of halogens is 1. The molecule has 2 heterocycles. The Bertz CT molecular complexity index is 550. The van der Waals surface area contributed by atoms with Crippen LogP contribution in [-0.2, 0) is 7.05 Å². The van der Waals surface area contributed by atoms with E-state index in [1.54, 1.807) is 25.4 Å². The van der Waals surface area contributed by atoms with E-state index in [0.717, 1.165) is 11.3 Å². The van der Waals surface area contributed by atoms with Crippen molar-refractivity contribution >= 4 is 15.9 Å². The zero-order chi connectivity index (χ0) is 10.8. The molecule has 0 saturated carbocycles. The fraction of sp³-hybridized carbons (Fsp3) is 0.100. The molecule has 0 aliphatic rings. The Balaban J connectivity index is 2.55. The largest absolute Gasteiger partial charge is 0.319 e. The van der Waals surface area contributed by atoms with Crippen LogP contribution in [0.3, 0.4) is 0 Å². The number of aryl methyl sites for hydroxylation is 1. The van der Waals surface area contributed by atoms with Crippen molar-refractivity contribution in [2.24, 2.45) is 7.05 Å². The molecule has 0 unspecified atom stereocenters. The van der Waals surface area contributed by atoms with E-state index in [-0.39, 0.29) is 5.56 Å². The van der Waals surface area contributed by atoms with Gasteiger partial charge in [0, 0.05) is 24.9 Å². The predicted molar refractivity (Wildman–Crippen MR) is 60.4 cm³/mol. The summed E-state index contributed by atoms with van der Waals surface area (Å²) in [6, 6.07) is 5.17. The first-order valence-corrected chi connectivity index (χ1v) is 5.11. The highest BCUT2D eigenvalue weighted by Gasteiger charge is 2.01. The van der Waals surface area contributed by atoms with Gasteiger partial charge in [-0.1, -0.05) is 0 Å². The summed E-state index contributed by atoms with van der Waals surface area (Å²) in [4.78, 5) is 19.4. The second-order valence-electron chi connectivity index (χ2n) is 3.09. The summed E-state index contributed by atoms with van der Waals surface area (Å²) in [5.41, 5.74) is 1.47. The molecule has 0 amide bonds. The van der Waals surface area contributed by atoms with Crippen LogP contribution in [0.2, 0.25) is 0 Å². The molecule has 0 spiro atoms. The van der Waals surface area contributed by atoms with Gasteiger partial charge in [0.25, 0.3) is 5.56 Å². The lowest BCUT2D eigenvalue weighted by atomic mass is 10.2. The monoisotopic (exact) mass is 265 g/mol. The van der Waals surface area contributed by atoms with Crippen LogP contribution in [0.5, 0.6) is 0 Å². The summed E-state index contributed by atoms with van der Waals surface area (Å²) in [7, 11) is 1.71. The molecule has 0 bridgehead atoms. The minimum absolute atomic E-state index is 0.0535. The van der Waals surface area contributed by atoms with Crippen LogP contribution in [0.25, 0.3) is 11.3 Å². The third-order valence-corrected chi connectivity index (χ3v) is 2.47. The molecule has 0 atom stereocenters. The van der Waals surface area contributed by atoms with Gasteiger partial charge in [0.15, 0.2) is 0 Å². The molecule has 2 aromatic heterocycles. The second-order valence-corrected chi connectivity index (χ2v) is 3.90. The SMILES string of the molecule is Cn1ccc(-c2cc(Br)ncn2)cc1=O. The van der Waals surface area contributed by atoms with Crippen molar-refractivity contribution in [2.75, 3.05) is 0 Å². The van der Waals surface area contributed by atoms with Crippen molar-refractivity contribution in [1.82, 2.24) is 14.5 Å². The van der Waals surface area contributed by atoms with Gasteiger partial charge in [-0.15, -0.1) is 0 Å². The van der Waals surface area contributed by atoms with E-state index in [9.17, 15) is 4.79 Å². The van der Waals surface area contributed by atoms with Crippen molar-refractivity contribution in [3.8, 4) is 11.3 Å². The van der Waals surface area contributed by atoms with Gasteiger partial charge in [-0.05, 0) is 28.1 Å². The van der Waals surface area contributed by atoms with E-state index in [1.807, 2.05) is 6.07 Å². The molecule has 0 saturated heterocycles. The van der Waals surface area contributed by atoms with Crippen LogP contribution in [0.1, 0.15) is 0 Å². The van der Waals surface area contributed by atoms with Crippen LogP contribution in [-0.4, -0.2) is 14.5 Å². The highest BCUT2D eigenvalue weighted by Crippen LogP contribution is 2.16. The average Bonchev–Trinajstić information content (AvgIpc) is 2.22. The number of rotatable bonds is 1. The molecular formula is C10H8BrN3O. The van der Waals surface area contributed by atoms with Crippen LogP contribution >= 0.6 is 15.9 Å². The zero-order valence-corrected chi connectivity index (χ0v) is 9.60. The second kappa shape index (κ2) is 3.94. The first kappa shape index (κ1) is 10.0. The van der Waals surface area contributed by atoms with E-state index in [2.05, 4.69) is 25.9 Å². The van der Waals surface area contributed by atoms with E-state index in [0.29, 0.717) is 4.60 Å². The Morgan fingerprint density at radius 1 is 1.33 bits per heavy atom. The van der Waals surface area contributed by atoms with E-state index in [1.165, 1.54) is 10.9 Å². The molecule has 76 valence electrons. The van der Waals surface area contributed by atoms with Crippen molar-refractivity contribution in [3.63, 3.8) is 0 Å². The predicted octanol–water partition coefficient (Wildman–Crippen LogP) is 1.60. The molecular weight excluding hydrogens is 258 g/mol. The number of hydrogen-bond donors (Lipinski definition) is 0. The van der Waals surface area contributed by atoms with Gasteiger partial charge in [-0.2, -0.15) is 0 Å². The summed E-state index contributed by atoms with van der Waals surface area (Å²) in [6.07, 6.45) is 3.17. The number of hydrogen-bond acceptors (Lipinski definition) is 3. The fourth-order valence-corrected chi connectivity index (χ4v) is 1.51. The number of nitrogens with zero attached hydrogens (tertiary/aromatic N) is 3. The van der Waals surface area contributed by atoms with E-state index < -0.39 is 0 Å². The minimum atomic E-state index is -0.0535. The van der Waals surface area contributed by atoms with Gasteiger partial charge >= 0.3 is 0 Å². The Morgan fingerprint density at radius 3 is 2.80 bits per heavy atom.